The van der Waals surface area contributed by atoms with Crippen LogP contribution in [0.5, 0.6) is 0 Å². The van der Waals surface area contributed by atoms with Gasteiger partial charge in [0.15, 0.2) is 0 Å². The Morgan fingerprint density at radius 2 is 1.76 bits per heavy atom. The van der Waals surface area contributed by atoms with E-state index in [1.807, 2.05) is 44.2 Å². The first-order chi connectivity index (χ1) is 16.3. The summed E-state index contributed by atoms with van der Waals surface area (Å²) in [5, 5.41) is 15.0. The molecule has 0 aromatic heterocycles. The molecule has 1 aromatic carbocycles. The Morgan fingerprint density at radius 1 is 1.06 bits per heavy atom. The second-order valence-corrected chi connectivity index (χ2v) is 9.60. The second-order valence-electron chi connectivity index (χ2n) is 9.60. The van der Waals surface area contributed by atoms with Crippen LogP contribution in [0.3, 0.4) is 0 Å². The van der Waals surface area contributed by atoms with Crippen molar-refractivity contribution in [3.63, 3.8) is 0 Å². The molecule has 0 radical (unpaired) electrons. The van der Waals surface area contributed by atoms with Crippen molar-refractivity contribution in [2.75, 3.05) is 25.5 Å². The summed E-state index contributed by atoms with van der Waals surface area (Å²) in [5.41, 5.74) is 2.71. The van der Waals surface area contributed by atoms with Crippen LogP contribution in [0.25, 0.3) is 0 Å². The number of para-hydroxylation sites is 1. The minimum Gasteiger partial charge on any atom is -0.396 e. The summed E-state index contributed by atoms with van der Waals surface area (Å²) in [7, 11) is 1.61. The van der Waals surface area contributed by atoms with Crippen LogP contribution in [0.2, 0.25) is 0 Å². The maximum Gasteiger partial charge on any atom is 0.247 e. The Labute approximate surface area is 203 Å². The molecule has 1 saturated heterocycles. The Kier molecular flexibility index (Phi) is 8.89. The lowest BCUT2D eigenvalue weighted by molar-refractivity contribution is -0.140. The van der Waals surface area contributed by atoms with Gasteiger partial charge in [-0.05, 0) is 56.6 Å². The molecule has 7 nitrogen and oxygen atoms in total. The van der Waals surface area contributed by atoms with E-state index in [0.29, 0.717) is 19.4 Å². The number of rotatable bonds is 10. The molecule has 1 aliphatic carbocycles. The topological polar surface area (TPSA) is 98.7 Å². The molecule has 3 N–H and O–H groups in total. The Morgan fingerprint density at radius 3 is 2.38 bits per heavy atom. The van der Waals surface area contributed by atoms with Crippen molar-refractivity contribution in [3.8, 4) is 0 Å². The lowest BCUT2D eigenvalue weighted by atomic mass is 9.68. The van der Waals surface area contributed by atoms with E-state index >= 15 is 0 Å². The van der Waals surface area contributed by atoms with Crippen LogP contribution in [-0.2, 0) is 14.4 Å². The molecule has 3 amide bonds. The molecule has 5 atom stereocenters. The van der Waals surface area contributed by atoms with E-state index in [9.17, 15) is 14.4 Å². The summed E-state index contributed by atoms with van der Waals surface area (Å²) in [4.78, 5) is 42.1. The standard InChI is InChI=1S/C27H39N3O4/c1-5-10-19-13-14-20-22(21(19)25(32)28-4)27(34)30(15-7-6-8-16-31)24(20)26(33)29-23-17(2)11-9-12-18(23)3/h9,11-14,19-22,24,31H,5-8,10,15-16H2,1-4H3,(H,28,32)(H,29,33)/t19-,20+,21-,22-,24+/m1/s1. The number of nitrogens with one attached hydrogen (secondary N) is 2. The fourth-order valence-corrected chi connectivity index (χ4v) is 5.65. The molecule has 1 fully saturated rings. The number of amides is 3. The molecule has 0 bridgehead atoms. The third kappa shape index (κ3) is 5.19. The highest BCUT2D eigenvalue weighted by Crippen LogP contribution is 2.45. The van der Waals surface area contributed by atoms with Gasteiger partial charge in [-0.15, -0.1) is 0 Å². The second kappa shape index (κ2) is 11.6. The number of hydrogen-bond acceptors (Lipinski definition) is 4. The first-order valence-corrected chi connectivity index (χ1v) is 12.5. The predicted molar refractivity (Wildman–Crippen MR) is 133 cm³/mol. The van der Waals surface area contributed by atoms with Crippen molar-refractivity contribution in [2.45, 2.75) is 58.9 Å². The normalized spacial score (nSPS) is 25.9. The summed E-state index contributed by atoms with van der Waals surface area (Å²) >= 11 is 0. The van der Waals surface area contributed by atoms with Crippen molar-refractivity contribution < 1.29 is 19.5 Å². The van der Waals surface area contributed by atoms with Crippen LogP contribution in [0.4, 0.5) is 5.69 Å². The Hall–Kier alpha value is -2.67. The van der Waals surface area contributed by atoms with Gasteiger partial charge in [-0.25, -0.2) is 0 Å². The Bertz CT molecular complexity index is 908. The number of aryl methyl sites for hydroxylation is 2. The monoisotopic (exact) mass is 469 g/mol. The van der Waals surface area contributed by atoms with E-state index < -0.39 is 17.9 Å². The molecule has 1 aromatic rings. The van der Waals surface area contributed by atoms with Gasteiger partial charge in [0, 0.05) is 31.8 Å². The van der Waals surface area contributed by atoms with Gasteiger partial charge in [0.05, 0.1) is 11.8 Å². The smallest absolute Gasteiger partial charge is 0.247 e. The molecule has 7 heteroatoms. The Balaban J connectivity index is 1.96. The lowest BCUT2D eigenvalue weighted by Gasteiger charge is -2.34. The number of carbonyl (C=O) groups excluding carboxylic acids is 3. The van der Waals surface area contributed by atoms with E-state index in [1.54, 1.807) is 11.9 Å². The SMILES string of the molecule is CCC[C@@H]1C=C[C@H]2[C@@H](C(=O)N(CCCCCO)[C@@H]2C(=O)Nc2c(C)cccc2C)[C@@H]1C(=O)NC. The van der Waals surface area contributed by atoms with Crippen molar-refractivity contribution in [1.82, 2.24) is 10.2 Å². The van der Waals surface area contributed by atoms with E-state index in [2.05, 4.69) is 17.6 Å². The van der Waals surface area contributed by atoms with Gasteiger partial charge in [-0.2, -0.15) is 0 Å². The van der Waals surface area contributed by atoms with Crippen LogP contribution in [0, 0.1) is 37.5 Å². The van der Waals surface area contributed by atoms with Crippen molar-refractivity contribution >= 4 is 23.4 Å². The first kappa shape index (κ1) is 25.9. The molecule has 1 aliphatic heterocycles. The maximum atomic E-state index is 13.8. The summed E-state index contributed by atoms with van der Waals surface area (Å²) < 4.78 is 0. The fourth-order valence-electron chi connectivity index (χ4n) is 5.65. The number of hydrogen-bond donors (Lipinski definition) is 3. The van der Waals surface area contributed by atoms with Crippen molar-refractivity contribution in [2.24, 2.45) is 23.7 Å². The lowest BCUT2D eigenvalue weighted by Crippen LogP contribution is -2.45. The molecule has 186 valence electrons. The highest BCUT2D eigenvalue weighted by Gasteiger charge is 2.56. The van der Waals surface area contributed by atoms with Gasteiger partial charge >= 0.3 is 0 Å². The third-order valence-electron chi connectivity index (χ3n) is 7.34. The summed E-state index contributed by atoms with van der Waals surface area (Å²) in [6.45, 7) is 6.52. The number of carbonyl (C=O) groups is 3. The maximum absolute atomic E-state index is 13.8. The molecule has 0 spiro atoms. The van der Waals surface area contributed by atoms with Crippen molar-refractivity contribution in [1.29, 1.82) is 0 Å². The van der Waals surface area contributed by atoms with Gasteiger partial charge in [-0.1, -0.05) is 43.7 Å². The largest absolute Gasteiger partial charge is 0.396 e. The van der Waals surface area contributed by atoms with Gasteiger partial charge in [-0.3, -0.25) is 14.4 Å². The number of likely N-dealkylation sites (tertiary alicyclic amines) is 1. The van der Waals surface area contributed by atoms with E-state index in [0.717, 1.165) is 36.1 Å². The molecular formula is C27H39N3O4. The molecule has 3 rings (SSSR count). The number of aliphatic hydroxyl groups is 1. The summed E-state index contributed by atoms with van der Waals surface area (Å²) in [6.07, 6.45) is 7.92. The summed E-state index contributed by atoms with van der Waals surface area (Å²) in [5.74, 6) is -1.87. The number of aliphatic hydroxyl groups excluding tert-OH is 1. The first-order valence-electron chi connectivity index (χ1n) is 12.5. The van der Waals surface area contributed by atoms with Gasteiger partial charge in [0.25, 0.3) is 0 Å². The van der Waals surface area contributed by atoms with Gasteiger partial charge in [0.1, 0.15) is 6.04 Å². The molecular weight excluding hydrogens is 430 g/mol. The number of fused-ring (bicyclic) bond motifs is 1. The predicted octanol–water partition coefficient (Wildman–Crippen LogP) is 3.20. The van der Waals surface area contributed by atoms with E-state index in [-0.39, 0.29) is 36.2 Å². The molecule has 0 saturated carbocycles. The zero-order chi connectivity index (χ0) is 24.8. The van der Waals surface area contributed by atoms with Crippen LogP contribution in [0.15, 0.2) is 30.4 Å². The molecule has 1 heterocycles. The number of allylic oxidation sites excluding steroid dienone is 1. The number of unbranched alkanes of at least 4 members (excludes halogenated alkanes) is 2. The van der Waals surface area contributed by atoms with Gasteiger partial charge < -0.3 is 20.6 Å². The summed E-state index contributed by atoms with van der Waals surface area (Å²) in [6, 6.07) is 5.19. The van der Waals surface area contributed by atoms with Crippen LogP contribution >= 0.6 is 0 Å². The average Bonchev–Trinajstić information content (AvgIpc) is 3.10. The average molecular weight is 470 g/mol. The van der Waals surface area contributed by atoms with E-state index in [4.69, 9.17) is 5.11 Å². The minimum absolute atomic E-state index is 0.0215. The zero-order valence-electron chi connectivity index (χ0n) is 20.8. The van der Waals surface area contributed by atoms with Crippen LogP contribution < -0.4 is 10.6 Å². The molecule has 34 heavy (non-hydrogen) atoms. The van der Waals surface area contributed by atoms with Crippen LogP contribution in [0.1, 0.15) is 50.2 Å². The molecule has 2 aliphatic rings. The molecule has 0 unspecified atom stereocenters. The number of benzene rings is 1. The number of anilines is 1. The fraction of sp³-hybridized carbons (Fsp3) is 0.593. The zero-order valence-corrected chi connectivity index (χ0v) is 20.8. The third-order valence-corrected chi connectivity index (χ3v) is 7.34. The number of nitrogens with zero attached hydrogens (tertiary/aromatic N) is 1. The highest BCUT2D eigenvalue weighted by atomic mass is 16.3. The highest BCUT2D eigenvalue weighted by molar-refractivity contribution is 6.02. The van der Waals surface area contributed by atoms with Crippen molar-refractivity contribution in [3.05, 3.63) is 41.5 Å². The van der Waals surface area contributed by atoms with E-state index in [1.165, 1.54) is 0 Å². The quantitative estimate of drug-likeness (QED) is 0.362. The van der Waals surface area contributed by atoms with Gasteiger partial charge in [0.2, 0.25) is 17.7 Å². The van der Waals surface area contributed by atoms with Crippen LogP contribution in [-0.4, -0.2) is 54.0 Å². The minimum atomic E-state index is -0.670.